The van der Waals surface area contributed by atoms with Crippen LogP contribution in [0.15, 0.2) is 23.1 Å². The van der Waals surface area contributed by atoms with Gasteiger partial charge in [0.15, 0.2) is 0 Å². The van der Waals surface area contributed by atoms with Gasteiger partial charge < -0.3 is 14.8 Å². The van der Waals surface area contributed by atoms with Crippen molar-refractivity contribution in [3.05, 3.63) is 18.2 Å². The Labute approximate surface area is 76.5 Å². The Balaban J connectivity index is 3.03. The average Bonchev–Trinajstić information content (AvgIpc) is 2.03. The molecule has 0 spiro atoms. The van der Waals surface area contributed by atoms with E-state index in [1.165, 1.54) is 7.11 Å². The van der Waals surface area contributed by atoms with E-state index in [0.29, 0.717) is 16.1 Å². The van der Waals surface area contributed by atoms with E-state index in [9.17, 15) is 0 Å². The molecule has 0 atom stereocenters. The van der Waals surface area contributed by atoms with E-state index in [0.717, 1.165) is 0 Å². The third-order valence-electron chi connectivity index (χ3n) is 1.52. The van der Waals surface area contributed by atoms with Gasteiger partial charge in [-0.25, -0.2) is 0 Å². The van der Waals surface area contributed by atoms with Gasteiger partial charge in [-0.15, -0.1) is 12.6 Å². The fourth-order valence-electron chi connectivity index (χ4n) is 0.869. The molecule has 2 N–H and O–H groups in total. The number of ether oxygens (including phenoxy) is 1. The summed E-state index contributed by atoms with van der Waals surface area (Å²) in [6.45, 7) is 0. The molecule has 0 saturated carbocycles. The molecular weight excluding hydrogens is 175 g/mol. The Kier molecular flexibility index (Phi) is 3.02. The van der Waals surface area contributed by atoms with Crippen LogP contribution in [0.1, 0.15) is 0 Å². The Bertz CT molecular complexity index is 277. The molecule has 0 aliphatic heterocycles. The number of benzene rings is 1. The Morgan fingerprint density at radius 1 is 1.42 bits per heavy atom. The van der Waals surface area contributed by atoms with Gasteiger partial charge in [-0.3, -0.25) is 0 Å². The van der Waals surface area contributed by atoms with Crippen molar-refractivity contribution in [1.82, 2.24) is 0 Å². The van der Waals surface area contributed by atoms with Crippen LogP contribution in [0, 0.1) is 0 Å². The number of thiol groups is 1. The molecular formula is C7H9BO3S. The van der Waals surface area contributed by atoms with E-state index >= 15 is 0 Å². The Morgan fingerprint density at radius 2 is 2.08 bits per heavy atom. The zero-order chi connectivity index (χ0) is 9.14. The summed E-state index contributed by atoms with van der Waals surface area (Å²) in [4.78, 5) is 0.504. The Morgan fingerprint density at radius 3 is 2.50 bits per heavy atom. The topological polar surface area (TPSA) is 49.7 Å². The van der Waals surface area contributed by atoms with Crippen molar-refractivity contribution in [2.45, 2.75) is 4.90 Å². The molecule has 0 fully saturated rings. The first-order chi connectivity index (χ1) is 5.65. The summed E-state index contributed by atoms with van der Waals surface area (Å²) in [5, 5.41) is 17.7. The van der Waals surface area contributed by atoms with E-state index in [1.807, 2.05) is 0 Å². The minimum absolute atomic E-state index is 0.374. The smallest absolute Gasteiger partial charge is 0.489 e. The lowest BCUT2D eigenvalue weighted by Gasteiger charge is -2.05. The SMILES string of the molecule is COc1ccc(B(O)O)c(S)c1. The number of methoxy groups -OCH3 is 1. The zero-order valence-electron chi connectivity index (χ0n) is 6.56. The van der Waals surface area contributed by atoms with Gasteiger partial charge in [-0.05, 0) is 17.6 Å². The summed E-state index contributed by atoms with van der Waals surface area (Å²) in [6, 6.07) is 4.83. The second kappa shape index (κ2) is 3.84. The van der Waals surface area contributed by atoms with Gasteiger partial charge in [-0.1, -0.05) is 6.07 Å². The predicted octanol–water partition coefficient (Wildman–Crippen LogP) is -0.336. The lowest BCUT2D eigenvalue weighted by atomic mass is 9.80. The number of rotatable bonds is 2. The highest BCUT2D eigenvalue weighted by molar-refractivity contribution is 7.80. The summed E-state index contributed by atoms with van der Waals surface area (Å²) in [5.41, 5.74) is 0.374. The molecule has 0 aliphatic carbocycles. The fourth-order valence-corrected chi connectivity index (χ4v) is 1.19. The monoisotopic (exact) mass is 184 g/mol. The van der Waals surface area contributed by atoms with Gasteiger partial charge in [0.25, 0.3) is 0 Å². The molecule has 1 rings (SSSR count). The highest BCUT2D eigenvalue weighted by atomic mass is 32.1. The van der Waals surface area contributed by atoms with Crippen molar-refractivity contribution >= 4 is 25.2 Å². The molecule has 3 nitrogen and oxygen atoms in total. The lowest BCUT2D eigenvalue weighted by Crippen LogP contribution is -2.30. The maximum atomic E-state index is 8.83. The first-order valence-electron chi connectivity index (χ1n) is 3.38. The van der Waals surface area contributed by atoms with E-state index in [4.69, 9.17) is 14.8 Å². The summed E-state index contributed by atoms with van der Waals surface area (Å²) >= 11 is 4.06. The normalized spacial score (nSPS) is 9.67. The summed E-state index contributed by atoms with van der Waals surface area (Å²) < 4.78 is 4.92. The third-order valence-corrected chi connectivity index (χ3v) is 1.90. The minimum Gasteiger partial charge on any atom is -0.497 e. The van der Waals surface area contributed by atoms with Crippen molar-refractivity contribution in [2.75, 3.05) is 7.11 Å². The van der Waals surface area contributed by atoms with Crippen LogP contribution in [0.4, 0.5) is 0 Å². The fraction of sp³-hybridized carbons (Fsp3) is 0.143. The van der Waals surface area contributed by atoms with Gasteiger partial charge in [0.1, 0.15) is 5.75 Å². The van der Waals surface area contributed by atoms with Gasteiger partial charge in [0.05, 0.1) is 7.11 Å². The highest BCUT2D eigenvalue weighted by Crippen LogP contribution is 2.13. The lowest BCUT2D eigenvalue weighted by molar-refractivity contribution is 0.412. The first kappa shape index (κ1) is 9.44. The maximum Gasteiger partial charge on any atom is 0.489 e. The zero-order valence-corrected chi connectivity index (χ0v) is 7.45. The molecule has 5 heteroatoms. The molecule has 0 amide bonds. The molecule has 1 aromatic rings. The maximum absolute atomic E-state index is 8.83. The quantitative estimate of drug-likeness (QED) is 0.435. The van der Waals surface area contributed by atoms with Gasteiger partial charge >= 0.3 is 7.12 Å². The van der Waals surface area contributed by atoms with E-state index < -0.39 is 7.12 Å². The van der Waals surface area contributed by atoms with Gasteiger partial charge in [-0.2, -0.15) is 0 Å². The number of hydrogen-bond acceptors (Lipinski definition) is 4. The van der Waals surface area contributed by atoms with E-state index in [2.05, 4.69) is 12.6 Å². The predicted molar refractivity (Wildman–Crippen MR) is 50.1 cm³/mol. The molecule has 0 saturated heterocycles. The van der Waals surface area contributed by atoms with E-state index in [-0.39, 0.29) is 0 Å². The highest BCUT2D eigenvalue weighted by Gasteiger charge is 2.14. The third kappa shape index (κ3) is 1.94. The standard InChI is InChI=1S/C7H9BO3S/c1-11-5-2-3-6(8(9)10)7(12)4-5/h2-4,9-10,12H,1H3. The molecule has 12 heavy (non-hydrogen) atoms. The second-order valence-electron chi connectivity index (χ2n) is 2.30. The number of hydrogen-bond donors (Lipinski definition) is 3. The van der Waals surface area contributed by atoms with Crippen LogP contribution in [0.3, 0.4) is 0 Å². The van der Waals surface area contributed by atoms with Crippen LogP contribution < -0.4 is 10.2 Å². The van der Waals surface area contributed by atoms with E-state index in [1.54, 1.807) is 18.2 Å². The van der Waals surface area contributed by atoms with Gasteiger partial charge in [0, 0.05) is 4.90 Å². The van der Waals surface area contributed by atoms with Crippen LogP contribution in [0.2, 0.25) is 0 Å². The van der Waals surface area contributed by atoms with Crippen molar-refractivity contribution in [1.29, 1.82) is 0 Å². The average molecular weight is 184 g/mol. The van der Waals surface area contributed by atoms with Crippen LogP contribution >= 0.6 is 12.6 Å². The van der Waals surface area contributed by atoms with Crippen molar-refractivity contribution in [3.63, 3.8) is 0 Å². The van der Waals surface area contributed by atoms with Crippen molar-refractivity contribution in [3.8, 4) is 5.75 Å². The summed E-state index contributed by atoms with van der Waals surface area (Å²) in [6.07, 6.45) is 0. The molecule has 0 radical (unpaired) electrons. The Hall–Kier alpha value is -0.645. The van der Waals surface area contributed by atoms with Crippen LogP contribution in [-0.4, -0.2) is 24.3 Å². The minimum atomic E-state index is -1.48. The van der Waals surface area contributed by atoms with Crippen LogP contribution in [0.5, 0.6) is 5.75 Å². The molecule has 0 unspecified atom stereocenters. The van der Waals surface area contributed by atoms with Crippen LogP contribution in [-0.2, 0) is 0 Å². The first-order valence-corrected chi connectivity index (χ1v) is 3.83. The summed E-state index contributed by atoms with van der Waals surface area (Å²) in [7, 11) is 0.0563. The molecule has 0 heterocycles. The largest absolute Gasteiger partial charge is 0.497 e. The van der Waals surface area contributed by atoms with Crippen LogP contribution in [0.25, 0.3) is 0 Å². The molecule has 64 valence electrons. The molecule has 0 bridgehead atoms. The molecule has 0 aromatic heterocycles. The van der Waals surface area contributed by atoms with Crippen molar-refractivity contribution in [2.24, 2.45) is 0 Å². The summed E-state index contributed by atoms with van der Waals surface area (Å²) in [5.74, 6) is 0.643. The molecule has 0 aliphatic rings. The second-order valence-corrected chi connectivity index (χ2v) is 2.78. The van der Waals surface area contributed by atoms with Crippen molar-refractivity contribution < 1.29 is 14.8 Å². The van der Waals surface area contributed by atoms with Gasteiger partial charge in [0.2, 0.25) is 0 Å². The molecule has 1 aromatic carbocycles.